The topological polar surface area (TPSA) is 38.0 Å². The highest BCUT2D eigenvalue weighted by atomic mass is 79.9. The summed E-state index contributed by atoms with van der Waals surface area (Å²) < 4.78 is 14.1. The van der Waals surface area contributed by atoms with Gasteiger partial charge >= 0.3 is 0 Å². The summed E-state index contributed by atoms with van der Waals surface area (Å²) in [6.45, 7) is 3.01. The Hall–Kier alpha value is -0.450. The molecular formula is C10H14BrFN2. The molecule has 0 aliphatic rings. The third-order valence-corrected chi connectivity index (χ3v) is 2.79. The Balaban J connectivity index is 2.66. The lowest BCUT2D eigenvalue weighted by molar-refractivity contribution is 0.532. The Labute approximate surface area is 91.8 Å². The largest absolute Gasteiger partial charge is 0.329 e. The molecule has 0 aliphatic heterocycles. The molecule has 0 bridgehead atoms. The van der Waals surface area contributed by atoms with Gasteiger partial charge < -0.3 is 11.1 Å². The zero-order chi connectivity index (χ0) is 10.6. The van der Waals surface area contributed by atoms with Gasteiger partial charge in [-0.05, 0) is 19.1 Å². The van der Waals surface area contributed by atoms with E-state index in [1.165, 1.54) is 6.07 Å². The highest BCUT2D eigenvalue weighted by Gasteiger charge is 2.06. The van der Waals surface area contributed by atoms with Crippen LogP contribution in [-0.4, -0.2) is 12.6 Å². The van der Waals surface area contributed by atoms with Gasteiger partial charge in [0.05, 0.1) is 0 Å². The van der Waals surface area contributed by atoms with E-state index in [1.54, 1.807) is 6.07 Å². The van der Waals surface area contributed by atoms with Gasteiger partial charge in [0.1, 0.15) is 5.82 Å². The quantitative estimate of drug-likeness (QED) is 0.870. The smallest absolute Gasteiger partial charge is 0.128 e. The van der Waals surface area contributed by atoms with E-state index in [0.29, 0.717) is 18.7 Å². The van der Waals surface area contributed by atoms with Crippen molar-refractivity contribution in [2.75, 3.05) is 6.54 Å². The summed E-state index contributed by atoms with van der Waals surface area (Å²) in [5.41, 5.74) is 6.09. The zero-order valence-electron chi connectivity index (χ0n) is 8.06. The number of rotatable bonds is 4. The number of halogens is 2. The second-order valence-corrected chi connectivity index (χ2v) is 4.07. The summed E-state index contributed by atoms with van der Waals surface area (Å²) in [5.74, 6) is -0.198. The van der Waals surface area contributed by atoms with Gasteiger partial charge in [0.2, 0.25) is 0 Å². The van der Waals surface area contributed by atoms with Crippen LogP contribution in [0.1, 0.15) is 12.5 Å². The van der Waals surface area contributed by atoms with Crippen LogP contribution in [0.4, 0.5) is 4.39 Å². The van der Waals surface area contributed by atoms with Crippen molar-refractivity contribution < 1.29 is 4.39 Å². The van der Waals surface area contributed by atoms with Gasteiger partial charge in [-0.3, -0.25) is 0 Å². The van der Waals surface area contributed by atoms with Gasteiger partial charge in [-0.15, -0.1) is 0 Å². The normalized spacial score (nSPS) is 12.9. The molecule has 0 aromatic heterocycles. The monoisotopic (exact) mass is 260 g/mol. The summed E-state index contributed by atoms with van der Waals surface area (Å²) in [5, 5.41) is 3.14. The van der Waals surface area contributed by atoms with E-state index >= 15 is 0 Å². The van der Waals surface area contributed by atoms with E-state index in [1.807, 2.05) is 13.0 Å². The minimum Gasteiger partial charge on any atom is -0.329 e. The maximum Gasteiger partial charge on any atom is 0.128 e. The van der Waals surface area contributed by atoms with Crippen LogP contribution in [-0.2, 0) is 6.54 Å². The maximum absolute atomic E-state index is 13.3. The van der Waals surface area contributed by atoms with Gasteiger partial charge in [0.25, 0.3) is 0 Å². The third kappa shape index (κ3) is 3.04. The fraction of sp³-hybridized carbons (Fsp3) is 0.400. The highest BCUT2D eigenvalue weighted by Crippen LogP contribution is 2.19. The number of hydrogen-bond acceptors (Lipinski definition) is 2. The minimum absolute atomic E-state index is 0.196. The third-order valence-electron chi connectivity index (χ3n) is 2.04. The van der Waals surface area contributed by atoms with Crippen molar-refractivity contribution in [3.8, 4) is 0 Å². The van der Waals surface area contributed by atoms with Crippen LogP contribution in [0, 0.1) is 5.82 Å². The van der Waals surface area contributed by atoms with Crippen molar-refractivity contribution in [1.29, 1.82) is 0 Å². The van der Waals surface area contributed by atoms with Crippen LogP contribution in [0.25, 0.3) is 0 Å². The average molecular weight is 261 g/mol. The Bertz CT molecular complexity index is 284. The average Bonchev–Trinajstić information content (AvgIpc) is 2.16. The highest BCUT2D eigenvalue weighted by molar-refractivity contribution is 9.10. The van der Waals surface area contributed by atoms with Crippen molar-refractivity contribution in [1.82, 2.24) is 5.32 Å². The lowest BCUT2D eigenvalue weighted by Gasteiger charge is -2.12. The fourth-order valence-electron chi connectivity index (χ4n) is 1.06. The molecule has 0 spiro atoms. The van der Waals surface area contributed by atoms with Crippen LogP contribution in [0.15, 0.2) is 22.7 Å². The maximum atomic E-state index is 13.3. The second kappa shape index (κ2) is 5.44. The summed E-state index contributed by atoms with van der Waals surface area (Å²) in [7, 11) is 0. The molecule has 3 N–H and O–H groups in total. The summed E-state index contributed by atoms with van der Waals surface area (Å²) in [6, 6.07) is 5.15. The Morgan fingerprint density at radius 2 is 2.29 bits per heavy atom. The zero-order valence-corrected chi connectivity index (χ0v) is 9.64. The molecule has 0 radical (unpaired) electrons. The SMILES string of the molecule is CC(CN)NCc1c(F)cccc1Br. The number of hydrogen-bond donors (Lipinski definition) is 2. The molecule has 4 heteroatoms. The van der Waals surface area contributed by atoms with E-state index in [-0.39, 0.29) is 11.9 Å². The predicted octanol–water partition coefficient (Wildman–Crippen LogP) is 2.02. The van der Waals surface area contributed by atoms with Gasteiger partial charge in [0.15, 0.2) is 0 Å². The van der Waals surface area contributed by atoms with Gasteiger partial charge in [-0.2, -0.15) is 0 Å². The van der Waals surface area contributed by atoms with Crippen LogP contribution in [0.3, 0.4) is 0 Å². The lowest BCUT2D eigenvalue weighted by Crippen LogP contribution is -2.32. The van der Waals surface area contributed by atoms with Crippen molar-refractivity contribution in [3.05, 3.63) is 34.1 Å². The first-order valence-electron chi connectivity index (χ1n) is 4.51. The number of nitrogens with two attached hydrogens (primary N) is 1. The second-order valence-electron chi connectivity index (χ2n) is 3.22. The van der Waals surface area contributed by atoms with E-state index in [0.717, 1.165) is 4.47 Å². The molecular weight excluding hydrogens is 247 g/mol. The van der Waals surface area contributed by atoms with Crippen molar-refractivity contribution in [3.63, 3.8) is 0 Å². The van der Waals surface area contributed by atoms with E-state index < -0.39 is 0 Å². The number of benzene rings is 1. The molecule has 1 aromatic carbocycles. The molecule has 0 amide bonds. The molecule has 0 fully saturated rings. The molecule has 1 unspecified atom stereocenters. The lowest BCUT2D eigenvalue weighted by atomic mass is 10.2. The van der Waals surface area contributed by atoms with Crippen molar-refractivity contribution in [2.45, 2.75) is 19.5 Å². The van der Waals surface area contributed by atoms with Gasteiger partial charge in [-0.1, -0.05) is 22.0 Å². The molecule has 0 saturated carbocycles. The van der Waals surface area contributed by atoms with Crippen LogP contribution >= 0.6 is 15.9 Å². The van der Waals surface area contributed by atoms with Gasteiger partial charge in [0, 0.05) is 29.2 Å². The van der Waals surface area contributed by atoms with Crippen LogP contribution in [0.2, 0.25) is 0 Å². The van der Waals surface area contributed by atoms with Crippen molar-refractivity contribution in [2.24, 2.45) is 5.73 Å². The summed E-state index contributed by atoms with van der Waals surface area (Å²) in [4.78, 5) is 0. The van der Waals surface area contributed by atoms with Crippen LogP contribution < -0.4 is 11.1 Å². The van der Waals surface area contributed by atoms with Gasteiger partial charge in [-0.25, -0.2) is 4.39 Å². The molecule has 2 nitrogen and oxygen atoms in total. The molecule has 1 aromatic rings. The molecule has 1 atom stereocenters. The van der Waals surface area contributed by atoms with Crippen LogP contribution in [0.5, 0.6) is 0 Å². The molecule has 0 saturated heterocycles. The van der Waals surface area contributed by atoms with E-state index in [2.05, 4.69) is 21.2 Å². The predicted molar refractivity (Wildman–Crippen MR) is 59.5 cm³/mol. The van der Waals surface area contributed by atoms with E-state index in [9.17, 15) is 4.39 Å². The fourth-order valence-corrected chi connectivity index (χ4v) is 1.54. The summed E-state index contributed by atoms with van der Waals surface area (Å²) in [6.07, 6.45) is 0. The molecule has 0 heterocycles. The first kappa shape index (κ1) is 11.6. The molecule has 1 rings (SSSR count). The first-order chi connectivity index (χ1) is 6.65. The number of nitrogens with one attached hydrogen (secondary N) is 1. The standard InChI is InChI=1S/C10H14BrFN2/c1-7(5-13)14-6-8-9(11)3-2-4-10(8)12/h2-4,7,14H,5-6,13H2,1H3. The first-order valence-corrected chi connectivity index (χ1v) is 5.30. The molecule has 14 heavy (non-hydrogen) atoms. The molecule has 78 valence electrons. The summed E-state index contributed by atoms with van der Waals surface area (Å²) >= 11 is 3.31. The Morgan fingerprint density at radius 1 is 1.57 bits per heavy atom. The van der Waals surface area contributed by atoms with Crippen molar-refractivity contribution >= 4 is 15.9 Å². The minimum atomic E-state index is -0.198. The Kier molecular flexibility index (Phi) is 4.51. The Morgan fingerprint density at radius 3 is 2.86 bits per heavy atom. The molecule has 0 aliphatic carbocycles. The van der Waals surface area contributed by atoms with E-state index in [4.69, 9.17) is 5.73 Å².